The van der Waals surface area contributed by atoms with Crippen molar-refractivity contribution >= 4 is 22.1 Å². The summed E-state index contributed by atoms with van der Waals surface area (Å²) in [6.45, 7) is 0. The van der Waals surface area contributed by atoms with Gasteiger partial charge in [0.2, 0.25) is 0 Å². The fourth-order valence-corrected chi connectivity index (χ4v) is 4.95. The van der Waals surface area contributed by atoms with Crippen molar-refractivity contribution < 1.29 is 18.3 Å². The van der Waals surface area contributed by atoms with E-state index in [-0.39, 0.29) is 21.9 Å². The molecule has 1 aliphatic rings. The Balaban J connectivity index is 1.89. The Morgan fingerprint density at radius 1 is 0.786 bits per heavy atom. The molecule has 28 heavy (non-hydrogen) atoms. The van der Waals surface area contributed by atoms with Gasteiger partial charge in [0.25, 0.3) is 10.0 Å². The molecular formula is C22H17NO4S. The van der Waals surface area contributed by atoms with E-state index in [0.29, 0.717) is 17.4 Å². The van der Waals surface area contributed by atoms with Gasteiger partial charge in [-0.1, -0.05) is 66.7 Å². The minimum Gasteiger partial charge on any atom is -0.505 e. The number of carbonyl (C=O) groups excluding carboxylic acids is 1. The van der Waals surface area contributed by atoms with Gasteiger partial charge in [0.1, 0.15) is 10.6 Å². The van der Waals surface area contributed by atoms with Gasteiger partial charge in [0, 0.05) is 18.2 Å². The molecule has 4 rings (SSSR count). The normalized spacial score (nSPS) is 15.2. The average Bonchev–Trinajstić information content (AvgIpc) is 2.73. The predicted octanol–water partition coefficient (Wildman–Crippen LogP) is 4.08. The fourth-order valence-electron chi connectivity index (χ4n) is 3.39. The van der Waals surface area contributed by atoms with Crippen LogP contribution in [0.2, 0.25) is 0 Å². The molecule has 5 nitrogen and oxygen atoms in total. The second kappa shape index (κ2) is 6.65. The van der Waals surface area contributed by atoms with Crippen molar-refractivity contribution in [3.8, 4) is 22.3 Å². The summed E-state index contributed by atoms with van der Waals surface area (Å²) >= 11 is 0. The maximum absolute atomic E-state index is 13.0. The third kappa shape index (κ3) is 2.70. The van der Waals surface area contributed by atoms with E-state index in [1.807, 2.05) is 54.6 Å². The molecule has 3 aromatic rings. The molecule has 1 aliphatic heterocycles. The topological polar surface area (TPSA) is 74.7 Å². The van der Waals surface area contributed by atoms with Crippen LogP contribution in [-0.4, -0.2) is 31.2 Å². The van der Waals surface area contributed by atoms with Crippen molar-refractivity contribution in [2.75, 3.05) is 7.05 Å². The number of carbonyl (C=O) groups is 1. The smallest absolute Gasteiger partial charge is 0.265 e. The number of fused-ring (bicyclic) bond motifs is 1. The van der Waals surface area contributed by atoms with Crippen LogP contribution in [0.25, 0.3) is 28.0 Å². The Morgan fingerprint density at radius 3 is 2.00 bits per heavy atom. The summed E-state index contributed by atoms with van der Waals surface area (Å²) < 4.78 is 26.9. The molecule has 1 heterocycles. The van der Waals surface area contributed by atoms with Crippen molar-refractivity contribution in [3.05, 3.63) is 84.1 Å². The Labute approximate surface area is 163 Å². The molecule has 0 aliphatic carbocycles. The summed E-state index contributed by atoms with van der Waals surface area (Å²) in [5.74, 6) is -0.343. The molecule has 3 aromatic carbocycles. The molecule has 0 bridgehead atoms. The minimum absolute atomic E-state index is 0.00642. The fraction of sp³-hybridized carbons (Fsp3) is 0.0455. The number of hydrogen-bond donors (Lipinski definition) is 1. The van der Waals surface area contributed by atoms with Crippen molar-refractivity contribution in [1.82, 2.24) is 4.31 Å². The van der Waals surface area contributed by atoms with Crippen LogP contribution in [0.1, 0.15) is 5.56 Å². The van der Waals surface area contributed by atoms with E-state index in [1.165, 1.54) is 13.1 Å². The number of allylic oxidation sites excluding steroid dienone is 1. The number of rotatable bonds is 3. The third-order valence-electron chi connectivity index (χ3n) is 4.89. The molecule has 0 spiro atoms. The van der Waals surface area contributed by atoms with E-state index in [9.17, 15) is 18.3 Å². The number of sulfonamides is 1. The maximum Gasteiger partial charge on any atom is 0.265 e. The lowest BCUT2D eigenvalue weighted by atomic mass is 9.98. The minimum atomic E-state index is -3.97. The van der Waals surface area contributed by atoms with E-state index in [4.69, 9.17) is 0 Å². The molecule has 140 valence electrons. The first-order valence-electron chi connectivity index (χ1n) is 8.61. The number of nitrogens with zero attached hydrogens (tertiary/aromatic N) is 1. The molecule has 0 amide bonds. The Hall–Kier alpha value is -3.38. The van der Waals surface area contributed by atoms with Crippen LogP contribution >= 0.6 is 0 Å². The second-order valence-corrected chi connectivity index (χ2v) is 8.36. The summed E-state index contributed by atoms with van der Waals surface area (Å²) in [6, 6.07) is 22.3. The van der Waals surface area contributed by atoms with Crippen LogP contribution in [0.3, 0.4) is 0 Å². The Kier molecular flexibility index (Phi) is 4.28. The Morgan fingerprint density at radius 2 is 1.36 bits per heavy atom. The number of hydrogen-bond acceptors (Lipinski definition) is 4. The lowest BCUT2D eigenvalue weighted by Crippen LogP contribution is -2.32. The van der Waals surface area contributed by atoms with Gasteiger partial charge in [0.15, 0.2) is 12.0 Å². The molecule has 0 fully saturated rings. The highest BCUT2D eigenvalue weighted by molar-refractivity contribution is 7.89. The summed E-state index contributed by atoms with van der Waals surface area (Å²) in [5.41, 5.74) is 3.11. The molecule has 1 N–H and O–H groups in total. The molecule has 0 radical (unpaired) electrons. The van der Waals surface area contributed by atoms with Crippen molar-refractivity contribution in [1.29, 1.82) is 0 Å². The highest BCUT2D eigenvalue weighted by Gasteiger charge is 2.36. The number of aldehydes is 1. The quantitative estimate of drug-likeness (QED) is 0.683. The van der Waals surface area contributed by atoms with Crippen molar-refractivity contribution in [2.24, 2.45) is 0 Å². The lowest BCUT2D eigenvalue weighted by molar-refractivity contribution is -0.105. The first-order chi connectivity index (χ1) is 13.4. The number of benzene rings is 3. The molecule has 0 unspecified atom stereocenters. The average molecular weight is 391 g/mol. The van der Waals surface area contributed by atoms with Crippen LogP contribution in [0.4, 0.5) is 0 Å². The van der Waals surface area contributed by atoms with E-state index in [2.05, 4.69) is 0 Å². The maximum atomic E-state index is 13.0. The standard InChI is InChI=1S/C22H17NO4S/c1-23-20(14-24)21(25)19-9-5-8-18(22(19)28(23,26)27)17-12-10-16(11-13-17)15-6-3-2-4-7-15/h2-14,25H,1H3. The van der Waals surface area contributed by atoms with Gasteiger partial charge in [-0.25, -0.2) is 8.42 Å². The summed E-state index contributed by atoms with van der Waals surface area (Å²) in [4.78, 5) is 11.3. The van der Waals surface area contributed by atoms with Gasteiger partial charge in [-0.15, -0.1) is 0 Å². The zero-order valence-electron chi connectivity index (χ0n) is 15.0. The largest absolute Gasteiger partial charge is 0.505 e. The van der Waals surface area contributed by atoms with Crippen LogP contribution in [0.5, 0.6) is 0 Å². The van der Waals surface area contributed by atoms with E-state index < -0.39 is 10.0 Å². The molecular weight excluding hydrogens is 374 g/mol. The number of aliphatic hydroxyl groups is 1. The van der Waals surface area contributed by atoms with Gasteiger partial charge >= 0.3 is 0 Å². The highest BCUT2D eigenvalue weighted by atomic mass is 32.2. The lowest BCUT2D eigenvalue weighted by Gasteiger charge is -2.28. The van der Waals surface area contributed by atoms with Crippen molar-refractivity contribution in [3.63, 3.8) is 0 Å². The number of likely N-dealkylation sites (N-methyl/N-ethyl adjacent to an activating group) is 1. The molecule has 0 aromatic heterocycles. The second-order valence-electron chi connectivity index (χ2n) is 6.45. The van der Waals surface area contributed by atoms with Crippen LogP contribution in [0.15, 0.2) is 83.4 Å². The molecule has 6 heteroatoms. The third-order valence-corrected chi connectivity index (χ3v) is 6.76. The first-order valence-corrected chi connectivity index (χ1v) is 10.1. The summed E-state index contributed by atoms with van der Waals surface area (Å²) in [6.07, 6.45) is 0.344. The molecule has 0 saturated carbocycles. The first kappa shape index (κ1) is 18.0. The SMILES string of the molecule is CN1C(C=O)=C(O)c2cccc(-c3ccc(-c4ccccc4)cc3)c2S1(=O)=O. The monoisotopic (exact) mass is 391 g/mol. The number of aliphatic hydroxyl groups excluding tert-OH is 1. The molecule has 0 saturated heterocycles. The van der Waals surface area contributed by atoms with Gasteiger partial charge in [0.05, 0.1) is 0 Å². The summed E-state index contributed by atoms with van der Waals surface area (Å²) in [7, 11) is -2.71. The van der Waals surface area contributed by atoms with Gasteiger partial charge < -0.3 is 5.11 Å². The Bertz CT molecular complexity index is 1200. The van der Waals surface area contributed by atoms with Gasteiger partial charge in [-0.2, -0.15) is 0 Å². The van der Waals surface area contributed by atoms with Crippen LogP contribution < -0.4 is 0 Å². The summed E-state index contributed by atoms with van der Waals surface area (Å²) in [5, 5.41) is 10.4. The zero-order valence-corrected chi connectivity index (χ0v) is 15.8. The van der Waals surface area contributed by atoms with E-state index in [0.717, 1.165) is 15.4 Å². The van der Waals surface area contributed by atoms with E-state index in [1.54, 1.807) is 12.1 Å². The van der Waals surface area contributed by atoms with Crippen LogP contribution in [0, 0.1) is 0 Å². The zero-order chi connectivity index (χ0) is 19.9. The van der Waals surface area contributed by atoms with Gasteiger partial charge in [-0.3, -0.25) is 9.10 Å². The van der Waals surface area contributed by atoms with Crippen molar-refractivity contribution in [2.45, 2.75) is 4.90 Å². The van der Waals surface area contributed by atoms with Gasteiger partial charge in [-0.05, 0) is 22.8 Å². The highest BCUT2D eigenvalue weighted by Crippen LogP contribution is 2.40. The molecule has 0 atom stereocenters. The van der Waals surface area contributed by atoms with E-state index >= 15 is 0 Å². The van der Waals surface area contributed by atoms with Crippen LogP contribution in [-0.2, 0) is 14.8 Å². The predicted molar refractivity (Wildman–Crippen MR) is 108 cm³/mol.